The molecule has 2 amide bonds. The van der Waals surface area contributed by atoms with Crippen LogP contribution in [0.25, 0.3) is 0 Å². The van der Waals surface area contributed by atoms with E-state index in [4.69, 9.17) is 11.6 Å². The van der Waals surface area contributed by atoms with E-state index >= 15 is 0 Å². The van der Waals surface area contributed by atoms with Crippen LogP contribution in [-0.4, -0.2) is 34.6 Å². The topological polar surface area (TPSA) is 49.4 Å². The van der Waals surface area contributed by atoms with Crippen LogP contribution < -0.4 is 5.32 Å². The number of rotatable bonds is 10. The Balaban J connectivity index is 1.68. The average Bonchev–Trinajstić information content (AvgIpc) is 2.82. The maximum atomic E-state index is 13.4. The van der Waals surface area contributed by atoms with E-state index in [-0.39, 0.29) is 17.9 Å². The minimum Gasteiger partial charge on any atom is -0.352 e. The molecule has 1 aliphatic rings. The number of carbonyl (C=O) groups excluding carboxylic acids is 2. The lowest BCUT2D eigenvalue weighted by atomic mass is 9.95. The first kappa shape index (κ1) is 25.6. The smallest absolute Gasteiger partial charge is 0.243 e. The fourth-order valence-electron chi connectivity index (χ4n) is 4.27. The summed E-state index contributed by atoms with van der Waals surface area (Å²) in [5.41, 5.74) is 3.40. The molecular weight excluding hydrogens is 452 g/mol. The van der Waals surface area contributed by atoms with Gasteiger partial charge in [0, 0.05) is 23.4 Å². The molecule has 1 aliphatic carbocycles. The molecule has 4 nitrogen and oxygen atoms in total. The summed E-state index contributed by atoms with van der Waals surface area (Å²) in [6.45, 7) is 4.45. The molecule has 0 saturated heterocycles. The van der Waals surface area contributed by atoms with Gasteiger partial charge in [0.2, 0.25) is 11.8 Å². The van der Waals surface area contributed by atoms with Crippen molar-refractivity contribution < 1.29 is 9.59 Å². The first-order valence-corrected chi connectivity index (χ1v) is 13.5. The van der Waals surface area contributed by atoms with Crippen LogP contribution >= 0.6 is 23.4 Å². The number of aryl methyl sites for hydroxylation is 1. The van der Waals surface area contributed by atoms with E-state index < -0.39 is 6.04 Å². The summed E-state index contributed by atoms with van der Waals surface area (Å²) in [4.78, 5) is 28.3. The summed E-state index contributed by atoms with van der Waals surface area (Å²) >= 11 is 7.64. The number of hydrogen-bond donors (Lipinski definition) is 1. The minimum absolute atomic E-state index is 0.00675. The third-order valence-corrected chi connectivity index (χ3v) is 7.46. The number of amides is 2. The van der Waals surface area contributed by atoms with Crippen molar-refractivity contribution in [3.8, 4) is 0 Å². The number of nitrogens with zero attached hydrogens (tertiary/aromatic N) is 1. The van der Waals surface area contributed by atoms with Gasteiger partial charge in [-0.1, -0.05) is 79.7 Å². The zero-order valence-corrected chi connectivity index (χ0v) is 21.3. The van der Waals surface area contributed by atoms with Crippen LogP contribution in [0.5, 0.6) is 0 Å². The highest BCUT2D eigenvalue weighted by Gasteiger charge is 2.30. The van der Waals surface area contributed by atoms with Gasteiger partial charge < -0.3 is 10.2 Å². The molecule has 178 valence electrons. The van der Waals surface area contributed by atoms with E-state index in [0.29, 0.717) is 23.7 Å². The standard InChI is InChI=1S/C27H35ClN2O2S/c1-3-25(27(32)29-24-7-5-4-6-8-24)30(17-21-13-15-23(28)16-14-21)26(31)19-33-18-22-11-9-20(2)10-12-22/h9-16,24-25H,3-8,17-19H2,1-2H3,(H,29,32). The zero-order valence-electron chi connectivity index (χ0n) is 19.7. The van der Waals surface area contributed by atoms with Gasteiger partial charge in [-0.3, -0.25) is 9.59 Å². The molecule has 0 aromatic heterocycles. The van der Waals surface area contributed by atoms with Gasteiger partial charge in [-0.25, -0.2) is 0 Å². The second kappa shape index (κ2) is 13.0. The second-order valence-electron chi connectivity index (χ2n) is 8.89. The third-order valence-electron chi connectivity index (χ3n) is 6.22. The largest absolute Gasteiger partial charge is 0.352 e. The first-order valence-electron chi connectivity index (χ1n) is 11.9. The third kappa shape index (κ3) is 8.08. The fraction of sp³-hybridized carbons (Fsp3) is 0.481. The molecule has 2 aromatic carbocycles. The Bertz CT molecular complexity index is 895. The lowest BCUT2D eigenvalue weighted by molar-refractivity contribution is -0.139. The Morgan fingerprint density at radius 1 is 1.03 bits per heavy atom. The fourth-order valence-corrected chi connectivity index (χ4v) is 5.27. The number of benzene rings is 2. The van der Waals surface area contributed by atoms with Gasteiger partial charge in [-0.15, -0.1) is 11.8 Å². The Hall–Kier alpha value is -1.98. The van der Waals surface area contributed by atoms with Crippen molar-refractivity contribution in [2.24, 2.45) is 0 Å². The van der Waals surface area contributed by atoms with E-state index in [2.05, 4.69) is 36.5 Å². The molecule has 0 spiro atoms. The van der Waals surface area contributed by atoms with Gasteiger partial charge in [0.1, 0.15) is 6.04 Å². The molecule has 6 heteroatoms. The minimum atomic E-state index is -0.477. The maximum Gasteiger partial charge on any atom is 0.243 e. The molecule has 1 N–H and O–H groups in total. The summed E-state index contributed by atoms with van der Waals surface area (Å²) in [5, 5.41) is 3.89. The molecule has 33 heavy (non-hydrogen) atoms. The normalized spacial score (nSPS) is 15.1. The summed E-state index contributed by atoms with van der Waals surface area (Å²) in [5.74, 6) is 1.07. The molecule has 1 saturated carbocycles. The number of hydrogen-bond acceptors (Lipinski definition) is 3. The summed E-state index contributed by atoms with van der Waals surface area (Å²) in [6, 6.07) is 15.6. The highest BCUT2D eigenvalue weighted by atomic mass is 35.5. The Morgan fingerprint density at radius 2 is 1.67 bits per heavy atom. The quantitative estimate of drug-likeness (QED) is 0.439. The molecule has 3 rings (SSSR count). The van der Waals surface area contributed by atoms with E-state index in [9.17, 15) is 9.59 Å². The SMILES string of the molecule is CCC(C(=O)NC1CCCCC1)N(Cc1ccc(Cl)cc1)C(=O)CSCc1ccc(C)cc1. The highest BCUT2D eigenvalue weighted by molar-refractivity contribution is 7.99. The van der Waals surface area contributed by atoms with E-state index in [0.717, 1.165) is 37.0 Å². The Labute approximate surface area is 207 Å². The molecule has 1 unspecified atom stereocenters. The maximum absolute atomic E-state index is 13.4. The van der Waals surface area contributed by atoms with Crippen LogP contribution in [0, 0.1) is 6.92 Å². The van der Waals surface area contributed by atoms with Crippen LogP contribution in [0.2, 0.25) is 5.02 Å². The second-order valence-corrected chi connectivity index (χ2v) is 10.3. The molecule has 2 aromatic rings. The molecular formula is C27H35ClN2O2S. The molecule has 0 radical (unpaired) electrons. The van der Waals surface area contributed by atoms with Gasteiger partial charge in [0.15, 0.2) is 0 Å². The molecule has 0 heterocycles. The number of halogens is 1. The predicted octanol–water partition coefficient (Wildman–Crippen LogP) is 6.14. The van der Waals surface area contributed by atoms with E-state index in [1.165, 1.54) is 17.5 Å². The highest BCUT2D eigenvalue weighted by Crippen LogP contribution is 2.21. The average molecular weight is 487 g/mol. The lowest BCUT2D eigenvalue weighted by Gasteiger charge is -2.32. The van der Waals surface area contributed by atoms with Crippen LogP contribution in [0.3, 0.4) is 0 Å². The monoisotopic (exact) mass is 486 g/mol. The van der Waals surface area contributed by atoms with Crippen molar-refractivity contribution >= 4 is 35.2 Å². The summed E-state index contributed by atoms with van der Waals surface area (Å²) in [6.07, 6.45) is 6.19. The molecule has 0 bridgehead atoms. The molecule has 1 fully saturated rings. The molecule has 0 aliphatic heterocycles. The predicted molar refractivity (Wildman–Crippen MR) is 138 cm³/mol. The van der Waals surface area contributed by atoms with Crippen LogP contribution in [0.4, 0.5) is 0 Å². The van der Waals surface area contributed by atoms with Crippen molar-refractivity contribution in [1.29, 1.82) is 0 Å². The van der Waals surface area contributed by atoms with Crippen LogP contribution in [-0.2, 0) is 21.9 Å². The van der Waals surface area contributed by atoms with Gasteiger partial charge >= 0.3 is 0 Å². The zero-order chi connectivity index (χ0) is 23.6. The number of thioether (sulfide) groups is 1. The van der Waals surface area contributed by atoms with Gasteiger partial charge in [0.25, 0.3) is 0 Å². The summed E-state index contributed by atoms with van der Waals surface area (Å²) in [7, 11) is 0. The van der Waals surface area contributed by atoms with E-state index in [1.807, 2.05) is 31.2 Å². The Morgan fingerprint density at radius 3 is 2.30 bits per heavy atom. The van der Waals surface area contributed by atoms with Crippen LogP contribution in [0.1, 0.15) is 62.1 Å². The van der Waals surface area contributed by atoms with Crippen molar-refractivity contribution in [1.82, 2.24) is 10.2 Å². The van der Waals surface area contributed by atoms with Gasteiger partial charge in [0.05, 0.1) is 5.75 Å². The number of nitrogens with one attached hydrogen (secondary N) is 1. The van der Waals surface area contributed by atoms with Crippen molar-refractivity contribution in [3.63, 3.8) is 0 Å². The number of carbonyl (C=O) groups is 2. The lowest BCUT2D eigenvalue weighted by Crippen LogP contribution is -2.52. The van der Waals surface area contributed by atoms with E-state index in [1.54, 1.807) is 16.7 Å². The molecule has 1 atom stereocenters. The van der Waals surface area contributed by atoms with Crippen LogP contribution in [0.15, 0.2) is 48.5 Å². The van der Waals surface area contributed by atoms with Crippen molar-refractivity contribution in [2.75, 3.05) is 5.75 Å². The summed E-state index contributed by atoms with van der Waals surface area (Å²) < 4.78 is 0. The van der Waals surface area contributed by atoms with Gasteiger partial charge in [-0.2, -0.15) is 0 Å². The van der Waals surface area contributed by atoms with Crippen molar-refractivity contribution in [2.45, 2.75) is 76.8 Å². The van der Waals surface area contributed by atoms with Crippen molar-refractivity contribution in [3.05, 3.63) is 70.2 Å². The Kier molecular flexibility index (Phi) is 10.1. The first-order chi connectivity index (χ1) is 16.0. The van der Waals surface area contributed by atoms with Gasteiger partial charge in [-0.05, 0) is 49.4 Å².